The molecule has 2 aliphatic heterocycles. The molecule has 0 radical (unpaired) electrons. The van der Waals surface area contributed by atoms with Crippen LogP contribution in [-0.4, -0.2) is 74.1 Å². The molecule has 0 spiro atoms. The standard InChI is InChI=1S/C32H45FN4O5/c1-20(17-22-12-14-37(35-22)23-9-10-25(34)24(33)18-23)29-19-27-26(36(27)15-16-38)7-5-6-8-28(39)21(2)31(41)32(3,4)13-11-30(40)42-29/h9-10,12,14,17-18,21,26-29,38-39H,5-8,11,13,15-16,19,34H2,1-4H3/b20-17+/t21-,26?,27?,28?,29?,36?/m1/s1. The summed E-state index contributed by atoms with van der Waals surface area (Å²) in [5, 5.41) is 24.9. The number of anilines is 1. The summed E-state index contributed by atoms with van der Waals surface area (Å²) < 4.78 is 21.6. The molecule has 2 aromatic rings. The number of carbonyl (C=O) groups excluding carboxylic acids is 2. The number of rotatable bonds is 5. The molecule has 0 aliphatic carbocycles. The van der Waals surface area contributed by atoms with E-state index in [0.717, 1.165) is 24.8 Å². The number of nitrogens with zero attached hydrogens (tertiary/aromatic N) is 3. The van der Waals surface area contributed by atoms with Crippen molar-refractivity contribution in [3.8, 4) is 5.69 Å². The minimum absolute atomic E-state index is 0.0445. The highest BCUT2D eigenvalue weighted by molar-refractivity contribution is 5.87. The van der Waals surface area contributed by atoms with E-state index < -0.39 is 29.4 Å². The van der Waals surface area contributed by atoms with Crippen LogP contribution < -0.4 is 5.73 Å². The number of fused-ring (bicyclic) bond motifs is 1. The fourth-order valence-corrected chi connectivity index (χ4v) is 6.08. The summed E-state index contributed by atoms with van der Waals surface area (Å²) in [5.74, 6) is -1.46. The third-order valence-electron chi connectivity index (χ3n) is 8.90. The average molecular weight is 585 g/mol. The van der Waals surface area contributed by atoms with Crippen LogP contribution in [0.3, 0.4) is 0 Å². The second-order valence-corrected chi connectivity index (χ2v) is 12.5. The van der Waals surface area contributed by atoms with Gasteiger partial charge in [-0.3, -0.25) is 14.5 Å². The number of Topliss-reactive ketones (excluding diaryl/α,β-unsaturated/α-hetero) is 1. The van der Waals surface area contributed by atoms with Crippen LogP contribution in [0.25, 0.3) is 11.8 Å². The van der Waals surface area contributed by atoms with Gasteiger partial charge in [-0.25, -0.2) is 9.07 Å². The Morgan fingerprint density at radius 2 is 1.95 bits per heavy atom. The Labute approximate surface area is 247 Å². The smallest absolute Gasteiger partial charge is 0.306 e. The fourth-order valence-electron chi connectivity index (χ4n) is 6.08. The van der Waals surface area contributed by atoms with Crippen molar-refractivity contribution in [1.29, 1.82) is 0 Å². The molecule has 0 amide bonds. The maximum Gasteiger partial charge on any atom is 0.306 e. The van der Waals surface area contributed by atoms with Crippen molar-refractivity contribution in [2.45, 2.75) is 96.9 Å². The molecule has 2 aliphatic rings. The molecule has 2 saturated heterocycles. The van der Waals surface area contributed by atoms with Crippen molar-refractivity contribution in [2.75, 3.05) is 18.9 Å². The van der Waals surface area contributed by atoms with Crippen LogP contribution >= 0.6 is 0 Å². The Balaban J connectivity index is 1.56. The SMILES string of the molecule is C/C(=C\c1ccn(-c2ccc(N)c(F)c2)n1)C1CC2C(CCCCC(O)[C@@H](C)C(=O)C(C)(C)CCC(=O)O1)N2CCO. The van der Waals surface area contributed by atoms with E-state index in [2.05, 4.69) is 10.00 Å². The minimum atomic E-state index is -0.773. The minimum Gasteiger partial charge on any atom is -0.458 e. The second kappa shape index (κ2) is 13.5. The second-order valence-electron chi connectivity index (χ2n) is 12.5. The summed E-state index contributed by atoms with van der Waals surface area (Å²) in [6.07, 6.45) is 6.51. The van der Waals surface area contributed by atoms with E-state index >= 15 is 0 Å². The number of nitrogen functional groups attached to an aromatic ring is 1. The van der Waals surface area contributed by atoms with Gasteiger partial charge in [0.2, 0.25) is 0 Å². The highest BCUT2D eigenvalue weighted by atomic mass is 19.1. The van der Waals surface area contributed by atoms with Crippen LogP contribution in [0.15, 0.2) is 36.0 Å². The Kier molecular flexibility index (Phi) is 10.2. The lowest BCUT2D eigenvalue weighted by Crippen LogP contribution is -2.36. The lowest BCUT2D eigenvalue weighted by Gasteiger charge is -2.29. The van der Waals surface area contributed by atoms with Crippen molar-refractivity contribution in [2.24, 2.45) is 11.3 Å². The fraction of sp³-hybridized carbons (Fsp3) is 0.594. The molecule has 1 aromatic carbocycles. The topological polar surface area (TPSA) is 131 Å². The van der Waals surface area contributed by atoms with E-state index in [9.17, 15) is 24.2 Å². The molecule has 5 unspecified atom stereocenters. The maximum atomic E-state index is 14.0. The number of β-amino-alcohol motifs (C(OH)–C–C–N with tert-alkyl or cyclic N) is 1. The lowest BCUT2D eigenvalue weighted by atomic mass is 9.76. The first kappa shape index (κ1) is 31.8. The number of cyclic esters (lactones) is 1. The number of hydrogen-bond acceptors (Lipinski definition) is 8. The zero-order chi connectivity index (χ0) is 30.6. The predicted molar refractivity (Wildman–Crippen MR) is 159 cm³/mol. The molecular formula is C32H45FN4O5. The van der Waals surface area contributed by atoms with Gasteiger partial charge in [-0.2, -0.15) is 5.10 Å². The number of benzene rings is 1. The molecule has 42 heavy (non-hydrogen) atoms. The van der Waals surface area contributed by atoms with Crippen molar-refractivity contribution in [3.63, 3.8) is 0 Å². The molecule has 0 bridgehead atoms. The molecule has 3 heterocycles. The number of esters is 1. The van der Waals surface area contributed by atoms with Gasteiger partial charge in [-0.05, 0) is 56.0 Å². The van der Waals surface area contributed by atoms with Crippen LogP contribution in [0.5, 0.6) is 0 Å². The van der Waals surface area contributed by atoms with Gasteiger partial charge < -0.3 is 20.7 Å². The number of aliphatic hydroxyl groups excluding tert-OH is 2. The lowest BCUT2D eigenvalue weighted by molar-refractivity contribution is -0.148. The van der Waals surface area contributed by atoms with E-state index in [1.807, 2.05) is 26.8 Å². The molecule has 6 atom stereocenters. The van der Waals surface area contributed by atoms with Gasteiger partial charge in [0.15, 0.2) is 0 Å². The van der Waals surface area contributed by atoms with E-state index in [1.54, 1.807) is 29.9 Å². The normalized spacial score (nSPS) is 29.5. The molecule has 2 fully saturated rings. The van der Waals surface area contributed by atoms with Gasteiger partial charge in [0, 0.05) is 55.1 Å². The summed E-state index contributed by atoms with van der Waals surface area (Å²) in [4.78, 5) is 28.5. The van der Waals surface area contributed by atoms with Gasteiger partial charge in [0.05, 0.1) is 29.8 Å². The Morgan fingerprint density at radius 1 is 1.21 bits per heavy atom. The van der Waals surface area contributed by atoms with E-state index in [0.29, 0.717) is 37.2 Å². The Morgan fingerprint density at radius 3 is 2.67 bits per heavy atom. The van der Waals surface area contributed by atoms with Crippen LogP contribution in [0.2, 0.25) is 0 Å². The third kappa shape index (κ3) is 7.65. The number of hydrogen-bond donors (Lipinski definition) is 3. The highest BCUT2D eigenvalue weighted by Gasteiger charge is 2.47. The van der Waals surface area contributed by atoms with Gasteiger partial charge >= 0.3 is 5.97 Å². The number of ether oxygens (including phenoxy) is 1. The van der Waals surface area contributed by atoms with Gasteiger partial charge in [-0.1, -0.05) is 33.6 Å². The summed E-state index contributed by atoms with van der Waals surface area (Å²) in [6.45, 7) is 7.91. The van der Waals surface area contributed by atoms with Crippen LogP contribution in [-0.2, 0) is 14.3 Å². The molecule has 4 rings (SSSR count). The van der Waals surface area contributed by atoms with Crippen molar-refractivity contribution < 1.29 is 28.9 Å². The molecule has 1 aromatic heterocycles. The summed E-state index contributed by atoms with van der Waals surface area (Å²) in [7, 11) is 0. The van der Waals surface area contributed by atoms with Gasteiger partial charge in [0.1, 0.15) is 17.7 Å². The first-order valence-electron chi connectivity index (χ1n) is 15.0. The first-order valence-corrected chi connectivity index (χ1v) is 15.0. The average Bonchev–Trinajstić information content (AvgIpc) is 3.35. The molecule has 10 heteroatoms. The van der Waals surface area contributed by atoms with Crippen LogP contribution in [0.4, 0.5) is 10.1 Å². The zero-order valence-corrected chi connectivity index (χ0v) is 25.1. The summed E-state index contributed by atoms with van der Waals surface area (Å²) in [5.41, 5.74) is 6.88. The monoisotopic (exact) mass is 584 g/mol. The third-order valence-corrected chi connectivity index (χ3v) is 8.90. The molecule has 230 valence electrons. The summed E-state index contributed by atoms with van der Waals surface area (Å²) in [6, 6.07) is 6.72. The van der Waals surface area contributed by atoms with E-state index in [1.165, 1.54) is 12.1 Å². The van der Waals surface area contributed by atoms with E-state index in [-0.39, 0.29) is 42.6 Å². The molecule has 4 N–H and O–H groups in total. The quantitative estimate of drug-likeness (QED) is 0.270. The van der Waals surface area contributed by atoms with Crippen molar-refractivity contribution in [1.82, 2.24) is 14.7 Å². The number of halogens is 1. The number of ketones is 1. The number of carbonyl (C=O) groups is 2. The summed E-state index contributed by atoms with van der Waals surface area (Å²) >= 11 is 0. The van der Waals surface area contributed by atoms with Crippen molar-refractivity contribution >= 4 is 23.5 Å². The van der Waals surface area contributed by atoms with Gasteiger partial charge in [0.25, 0.3) is 0 Å². The molecule has 0 saturated carbocycles. The maximum absolute atomic E-state index is 14.0. The van der Waals surface area contributed by atoms with Crippen LogP contribution in [0.1, 0.15) is 78.3 Å². The predicted octanol–water partition coefficient (Wildman–Crippen LogP) is 4.29. The number of aliphatic hydroxyl groups is 2. The molecule has 9 nitrogen and oxygen atoms in total. The van der Waals surface area contributed by atoms with Crippen molar-refractivity contribution in [3.05, 3.63) is 47.5 Å². The Hall–Kier alpha value is -3.08. The number of aromatic nitrogens is 2. The largest absolute Gasteiger partial charge is 0.458 e. The number of nitrogens with two attached hydrogens (primary N) is 1. The van der Waals surface area contributed by atoms with Gasteiger partial charge in [-0.15, -0.1) is 0 Å². The van der Waals surface area contributed by atoms with E-state index in [4.69, 9.17) is 10.5 Å². The van der Waals surface area contributed by atoms with Crippen LogP contribution in [0, 0.1) is 17.2 Å². The first-order chi connectivity index (χ1) is 19.9. The molecular weight excluding hydrogens is 539 g/mol. The highest BCUT2D eigenvalue weighted by Crippen LogP contribution is 2.38. The Bertz CT molecular complexity index is 1290. The zero-order valence-electron chi connectivity index (χ0n) is 25.1.